The first-order valence-corrected chi connectivity index (χ1v) is 10.2. The van der Waals surface area contributed by atoms with Crippen LogP contribution < -0.4 is 9.62 Å². The average Bonchev–Trinajstić information content (AvgIpc) is 2.64. The van der Waals surface area contributed by atoms with E-state index >= 15 is 0 Å². The Morgan fingerprint density at radius 1 is 1.15 bits per heavy atom. The molecule has 0 fully saturated rings. The molecule has 138 valence electrons. The van der Waals surface area contributed by atoms with Gasteiger partial charge in [0.2, 0.25) is 10.0 Å². The number of benzene rings is 2. The van der Waals surface area contributed by atoms with Gasteiger partial charge in [-0.1, -0.05) is 43.3 Å². The lowest BCUT2D eigenvalue weighted by Gasteiger charge is -2.21. The highest BCUT2D eigenvalue weighted by atomic mass is 32.2. The lowest BCUT2D eigenvalue weighted by atomic mass is 10.0. The molecule has 5 nitrogen and oxygen atoms in total. The summed E-state index contributed by atoms with van der Waals surface area (Å²) in [7, 11) is -3.40. The van der Waals surface area contributed by atoms with Gasteiger partial charge in [0.1, 0.15) is 0 Å². The van der Waals surface area contributed by atoms with E-state index in [0.717, 1.165) is 11.8 Å². The molecule has 6 heteroatoms. The number of sulfonamides is 1. The summed E-state index contributed by atoms with van der Waals surface area (Å²) >= 11 is 0. The van der Waals surface area contributed by atoms with Crippen molar-refractivity contribution in [2.75, 3.05) is 23.7 Å². The van der Waals surface area contributed by atoms with Crippen molar-refractivity contribution in [1.29, 1.82) is 0 Å². The molecule has 1 unspecified atom stereocenters. The Hall–Kier alpha value is -2.60. The van der Waals surface area contributed by atoms with E-state index < -0.39 is 10.0 Å². The van der Waals surface area contributed by atoms with Crippen LogP contribution in [0, 0.1) is 0 Å². The van der Waals surface area contributed by atoms with Crippen LogP contribution in [0.15, 0.2) is 67.3 Å². The summed E-state index contributed by atoms with van der Waals surface area (Å²) in [5, 5.41) is 2.91. The normalized spacial score (nSPS) is 12.2. The molecule has 1 amide bonds. The number of hydrogen-bond acceptors (Lipinski definition) is 3. The monoisotopic (exact) mass is 372 g/mol. The van der Waals surface area contributed by atoms with Gasteiger partial charge in [0, 0.05) is 12.1 Å². The van der Waals surface area contributed by atoms with Crippen LogP contribution in [0.2, 0.25) is 0 Å². The van der Waals surface area contributed by atoms with Gasteiger partial charge in [0.25, 0.3) is 5.91 Å². The van der Waals surface area contributed by atoms with Crippen LogP contribution in [-0.2, 0) is 10.0 Å². The predicted molar refractivity (Wildman–Crippen MR) is 106 cm³/mol. The second-order valence-electron chi connectivity index (χ2n) is 6.15. The van der Waals surface area contributed by atoms with Crippen LogP contribution in [0.5, 0.6) is 0 Å². The number of hydrogen-bond donors (Lipinski definition) is 1. The fraction of sp³-hybridized carbons (Fsp3) is 0.250. The fourth-order valence-corrected chi connectivity index (χ4v) is 3.46. The quantitative estimate of drug-likeness (QED) is 0.724. The van der Waals surface area contributed by atoms with Gasteiger partial charge in [0.05, 0.1) is 18.5 Å². The molecule has 2 aromatic carbocycles. The molecule has 0 aliphatic heterocycles. The van der Waals surface area contributed by atoms with Gasteiger partial charge in [0.15, 0.2) is 0 Å². The van der Waals surface area contributed by atoms with Crippen LogP contribution in [0.25, 0.3) is 0 Å². The van der Waals surface area contributed by atoms with Gasteiger partial charge < -0.3 is 5.32 Å². The first kappa shape index (κ1) is 19.7. The zero-order valence-electron chi connectivity index (χ0n) is 15.1. The van der Waals surface area contributed by atoms with Crippen LogP contribution >= 0.6 is 0 Å². The largest absolute Gasteiger partial charge is 0.351 e. The Balaban J connectivity index is 2.03. The van der Waals surface area contributed by atoms with E-state index in [2.05, 4.69) is 18.8 Å². The highest BCUT2D eigenvalue weighted by Crippen LogP contribution is 2.19. The maximum absolute atomic E-state index is 12.3. The third kappa shape index (κ3) is 5.20. The van der Waals surface area contributed by atoms with Gasteiger partial charge in [-0.25, -0.2) is 8.42 Å². The summed E-state index contributed by atoms with van der Waals surface area (Å²) in [6, 6.07) is 16.5. The van der Waals surface area contributed by atoms with Crippen LogP contribution in [-0.4, -0.2) is 33.7 Å². The zero-order valence-corrected chi connectivity index (χ0v) is 15.9. The maximum atomic E-state index is 12.3. The number of nitrogens with zero attached hydrogens (tertiary/aromatic N) is 1. The Morgan fingerprint density at radius 2 is 1.77 bits per heavy atom. The van der Waals surface area contributed by atoms with Crippen LogP contribution in [0.1, 0.15) is 28.8 Å². The molecule has 2 aromatic rings. The van der Waals surface area contributed by atoms with Crippen molar-refractivity contribution in [3.05, 3.63) is 78.4 Å². The van der Waals surface area contributed by atoms with Crippen molar-refractivity contribution in [3.63, 3.8) is 0 Å². The van der Waals surface area contributed by atoms with Crippen molar-refractivity contribution in [2.45, 2.75) is 12.8 Å². The molecule has 26 heavy (non-hydrogen) atoms. The van der Waals surface area contributed by atoms with Crippen molar-refractivity contribution < 1.29 is 13.2 Å². The summed E-state index contributed by atoms with van der Waals surface area (Å²) in [6.07, 6.45) is 2.66. The van der Waals surface area contributed by atoms with Crippen molar-refractivity contribution in [1.82, 2.24) is 5.32 Å². The SMILES string of the molecule is C=CCN(c1ccc(C(=O)NCC(C)c2ccccc2)cc1)S(C)(=O)=O. The minimum atomic E-state index is -3.40. The highest BCUT2D eigenvalue weighted by molar-refractivity contribution is 7.92. The van der Waals surface area contributed by atoms with E-state index in [4.69, 9.17) is 0 Å². The Kier molecular flexibility index (Phi) is 6.58. The first-order valence-electron chi connectivity index (χ1n) is 8.34. The molecule has 0 aliphatic rings. The fourth-order valence-electron chi connectivity index (χ4n) is 2.58. The van der Waals surface area contributed by atoms with Crippen LogP contribution in [0.3, 0.4) is 0 Å². The van der Waals surface area contributed by atoms with Gasteiger partial charge in [-0.15, -0.1) is 6.58 Å². The van der Waals surface area contributed by atoms with Gasteiger partial charge in [-0.3, -0.25) is 9.10 Å². The number of carbonyl (C=O) groups is 1. The van der Waals surface area contributed by atoms with Gasteiger partial charge >= 0.3 is 0 Å². The van der Waals surface area contributed by atoms with E-state index in [1.165, 1.54) is 10.4 Å². The predicted octanol–water partition coefficient (Wildman–Crippen LogP) is 3.17. The van der Waals surface area contributed by atoms with Crippen molar-refractivity contribution in [3.8, 4) is 0 Å². The minimum absolute atomic E-state index is 0.180. The highest BCUT2D eigenvalue weighted by Gasteiger charge is 2.16. The Bertz CT molecular complexity index is 846. The Morgan fingerprint density at radius 3 is 2.31 bits per heavy atom. The molecule has 0 radical (unpaired) electrons. The molecule has 1 atom stereocenters. The standard InChI is InChI=1S/C20H24N2O3S/c1-4-14-22(26(3,24)25)19-12-10-18(11-13-19)20(23)21-15-16(2)17-8-6-5-7-9-17/h4-13,16H,1,14-15H2,2-3H3,(H,21,23). The lowest BCUT2D eigenvalue weighted by Crippen LogP contribution is -2.30. The summed E-state index contributed by atoms with van der Waals surface area (Å²) in [4.78, 5) is 12.3. The maximum Gasteiger partial charge on any atom is 0.251 e. The molecule has 0 heterocycles. The molecule has 0 saturated heterocycles. The number of carbonyl (C=O) groups excluding carboxylic acids is 1. The summed E-state index contributed by atoms with van der Waals surface area (Å²) in [6.45, 7) is 6.34. The molecule has 2 rings (SSSR count). The third-order valence-corrected chi connectivity index (χ3v) is 5.21. The van der Waals surface area contributed by atoms with E-state index in [-0.39, 0.29) is 18.4 Å². The van der Waals surface area contributed by atoms with E-state index in [1.807, 2.05) is 30.3 Å². The van der Waals surface area contributed by atoms with Crippen molar-refractivity contribution in [2.24, 2.45) is 0 Å². The summed E-state index contributed by atoms with van der Waals surface area (Å²) < 4.78 is 24.9. The number of amides is 1. The Labute approximate surface area is 155 Å². The minimum Gasteiger partial charge on any atom is -0.351 e. The van der Waals surface area contributed by atoms with Crippen LogP contribution in [0.4, 0.5) is 5.69 Å². The number of rotatable bonds is 8. The van der Waals surface area contributed by atoms with Crippen molar-refractivity contribution >= 4 is 21.6 Å². The van der Waals surface area contributed by atoms with Gasteiger partial charge in [-0.05, 0) is 35.7 Å². The molecule has 0 aromatic heterocycles. The lowest BCUT2D eigenvalue weighted by molar-refractivity contribution is 0.0951. The number of nitrogens with one attached hydrogen (secondary N) is 1. The average molecular weight is 372 g/mol. The van der Waals surface area contributed by atoms with E-state index in [9.17, 15) is 13.2 Å². The second kappa shape index (κ2) is 8.67. The number of anilines is 1. The van der Waals surface area contributed by atoms with Gasteiger partial charge in [-0.2, -0.15) is 0 Å². The molecular formula is C20H24N2O3S. The summed E-state index contributed by atoms with van der Waals surface area (Å²) in [5.41, 5.74) is 2.15. The molecule has 0 spiro atoms. The molecular weight excluding hydrogens is 348 g/mol. The first-order chi connectivity index (χ1) is 12.3. The molecule has 0 bridgehead atoms. The van der Waals surface area contributed by atoms with E-state index in [1.54, 1.807) is 24.3 Å². The second-order valence-corrected chi connectivity index (χ2v) is 8.06. The smallest absolute Gasteiger partial charge is 0.251 e. The molecule has 1 N–H and O–H groups in total. The molecule has 0 saturated carbocycles. The zero-order chi connectivity index (χ0) is 19.2. The molecule has 0 aliphatic carbocycles. The summed E-state index contributed by atoms with van der Waals surface area (Å²) in [5.74, 6) is 0.0155. The topological polar surface area (TPSA) is 66.5 Å². The van der Waals surface area contributed by atoms with E-state index in [0.29, 0.717) is 17.8 Å². The third-order valence-electron chi connectivity index (χ3n) is 4.05.